The molecule has 7 heteroatoms. The Morgan fingerprint density at radius 1 is 1.29 bits per heavy atom. The first-order valence-corrected chi connectivity index (χ1v) is 7.88. The molecule has 0 aliphatic rings. The maximum Gasteiger partial charge on any atom is 0.279 e. The number of carbonyl (C=O) groups excluding carboxylic acids is 1. The molecule has 2 rings (SSSR count). The van der Waals surface area contributed by atoms with Gasteiger partial charge in [0, 0.05) is 28.4 Å². The van der Waals surface area contributed by atoms with Gasteiger partial charge in [-0.05, 0) is 37.6 Å². The molecule has 0 aliphatic carbocycles. The van der Waals surface area contributed by atoms with Gasteiger partial charge in [0.2, 0.25) is 0 Å². The number of benzene rings is 2. The van der Waals surface area contributed by atoms with Gasteiger partial charge in [0.05, 0.1) is 4.92 Å². The molecule has 24 heavy (non-hydrogen) atoms. The van der Waals surface area contributed by atoms with Crippen LogP contribution in [0, 0.1) is 17.0 Å². The highest BCUT2D eigenvalue weighted by molar-refractivity contribution is 6.30. The molecule has 2 aromatic rings. The number of nitro groups is 1. The van der Waals surface area contributed by atoms with E-state index >= 15 is 0 Å². The van der Waals surface area contributed by atoms with E-state index in [9.17, 15) is 14.9 Å². The number of hydrogen-bond acceptors (Lipinski definition) is 3. The lowest BCUT2D eigenvalue weighted by molar-refractivity contribution is -0.682. The zero-order valence-corrected chi connectivity index (χ0v) is 14.2. The molecule has 0 spiro atoms. The lowest BCUT2D eigenvalue weighted by Crippen LogP contribution is -2.86. The number of halogens is 1. The van der Waals surface area contributed by atoms with E-state index in [0.29, 0.717) is 16.3 Å². The van der Waals surface area contributed by atoms with Crippen molar-refractivity contribution in [2.45, 2.75) is 19.9 Å². The van der Waals surface area contributed by atoms with Gasteiger partial charge >= 0.3 is 0 Å². The summed E-state index contributed by atoms with van der Waals surface area (Å²) in [5.74, 6) is -0.159. The second-order valence-corrected chi connectivity index (χ2v) is 6.02. The fraction of sp³-hybridized carbons (Fsp3) is 0.235. The predicted molar refractivity (Wildman–Crippen MR) is 93.1 cm³/mol. The van der Waals surface area contributed by atoms with Crippen LogP contribution in [-0.2, 0) is 4.79 Å². The molecule has 0 saturated carbocycles. The van der Waals surface area contributed by atoms with Crippen LogP contribution in [0.1, 0.15) is 24.1 Å². The molecular weight excluding hydrogens is 330 g/mol. The summed E-state index contributed by atoms with van der Waals surface area (Å²) in [5, 5.41) is 16.1. The minimum Gasteiger partial charge on any atom is -0.333 e. The normalized spacial score (nSPS) is 11.8. The Labute approximate surface area is 145 Å². The molecule has 0 aromatic heterocycles. The van der Waals surface area contributed by atoms with Crippen LogP contribution in [0.5, 0.6) is 0 Å². The maximum atomic E-state index is 12.1. The summed E-state index contributed by atoms with van der Waals surface area (Å²) in [6, 6.07) is 12.0. The SMILES string of the molecule is Cc1cc([N+](=O)[O-])ccc1NC(=O)C[NH2+][C@@H](C)c1ccc(Cl)cc1. The Hall–Kier alpha value is -2.44. The van der Waals surface area contributed by atoms with Crippen LogP contribution in [0.4, 0.5) is 11.4 Å². The Morgan fingerprint density at radius 3 is 2.54 bits per heavy atom. The molecule has 3 N–H and O–H groups in total. The van der Waals surface area contributed by atoms with Crippen LogP contribution in [0.2, 0.25) is 5.02 Å². The van der Waals surface area contributed by atoms with Crippen molar-refractivity contribution < 1.29 is 15.0 Å². The monoisotopic (exact) mass is 348 g/mol. The fourth-order valence-electron chi connectivity index (χ4n) is 2.29. The van der Waals surface area contributed by atoms with Crippen LogP contribution >= 0.6 is 11.6 Å². The zero-order valence-electron chi connectivity index (χ0n) is 13.5. The Kier molecular flexibility index (Phi) is 5.89. The van der Waals surface area contributed by atoms with Crippen molar-refractivity contribution in [3.63, 3.8) is 0 Å². The molecule has 126 valence electrons. The van der Waals surface area contributed by atoms with Gasteiger partial charge < -0.3 is 10.6 Å². The van der Waals surface area contributed by atoms with Crippen LogP contribution in [0.15, 0.2) is 42.5 Å². The van der Waals surface area contributed by atoms with Crippen molar-refractivity contribution in [3.8, 4) is 0 Å². The number of amides is 1. The van der Waals surface area contributed by atoms with Crippen LogP contribution in [0.25, 0.3) is 0 Å². The van der Waals surface area contributed by atoms with Gasteiger partial charge in [-0.2, -0.15) is 0 Å². The maximum absolute atomic E-state index is 12.1. The standard InChI is InChI=1S/C17H18ClN3O3/c1-11-9-15(21(23)24)7-8-16(11)20-17(22)10-19-12(2)13-3-5-14(18)6-4-13/h3-9,12,19H,10H2,1-2H3,(H,20,22)/p+1/t12-/m0/s1. The number of rotatable bonds is 6. The number of hydrogen-bond donors (Lipinski definition) is 2. The molecule has 1 atom stereocenters. The number of anilines is 1. The van der Waals surface area contributed by atoms with E-state index in [2.05, 4.69) is 5.32 Å². The van der Waals surface area contributed by atoms with E-state index in [-0.39, 0.29) is 24.2 Å². The van der Waals surface area contributed by atoms with Crippen molar-refractivity contribution in [2.24, 2.45) is 0 Å². The van der Waals surface area contributed by atoms with Crippen molar-refractivity contribution in [2.75, 3.05) is 11.9 Å². The Balaban J connectivity index is 1.91. The minimum atomic E-state index is -0.458. The highest BCUT2D eigenvalue weighted by Gasteiger charge is 2.14. The summed E-state index contributed by atoms with van der Waals surface area (Å²) in [5.41, 5.74) is 2.33. The minimum absolute atomic E-state index is 0.00780. The number of aryl methyl sites for hydroxylation is 1. The van der Waals surface area contributed by atoms with Gasteiger partial charge in [-0.1, -0.05) is 23.7 Å². The fourth-order valence-corrected chi connectivity index (χ4v) is 2.42. The molecule has 0 aliphatic heterocycles. The van der Waals surface area contributed by atoms with Crippen LogP contribution < -0.4 is 10.6 Å². The lowest BCUT2D eigenvalue weighted by atomic mass is 10.1. The van der Waals surface area contributed by atoms with Crippen LogP contribution in [0.3, 0.4) is 0 Å². The molecular formula is C17H19ClN3O3+. The third kappa shape index (κ3) is 4.78. The number of nitrogens with two attached hydrogens (primary N) is 1. The summed E-state index contributed by atoms with van der Waals surface area (Å²) in [7, 11) is 0. The highest BCUT2D eigenvalue weighted by atomic mass is 35.5. The van der Waals surface area contributed by atoms with E-state index in [0.717, 1.165) is 5.56 Å². The van der Waals surface area contributed by atoms with Crippen LogP contribution in [-0.4, -0.2) is 17.4 Å². The summed E-state index contributed by atoms with van der Waals surface area (Å²) >= 11 is 5.86. The highest BCUT2D eigenvalue weighted by Crippen LogP contribution is 2.21. The third-order valence-electron chi connectivity index (χ3n) is 3.75. The largest absolute Gasteiger partial charge is 0.333 e. The van der Waals surface area contributed by atoms with Gasteiger partial charge in [-0.25, -0.2) is 0 Å². The topological polar surface area (TPSA) is 88.9 Å². The average Bonchev–Trinajstić information content (AvgIpc) is 2.55. The van der Waals surface area contributed by atoms with Gasteiger partial charge in [-0.15, -0.1) is 0 Å². The van der Waals surface area contributed by atoms with E-state index < -0.39 is 4.92 Å². The van der Waals surface area contributed by atoms with Crippen molar-refractivity contribution in [1.82, 2.24) is 0 Å². The quantitative estimate of drug-likeness (QED) is 0.621. The first-order chi connectivity index (χ1) is 11.4. The second kappa shape index (κ2) is 7.90. The smallest absolute Gasteiger partial charge is 0.279 e. The molecule has 0 saturated heterocycles. The summed E-state index contributed by atoms with van der Waals surface area (Å²) in [4.78, 5) is 22.3. The lowest BCUT2D eigenvalue weighted by Gasteiger charge is -2.12. The Bertz CT molecular complexity index is 747. The molecule has 6 nitrogen and oxygen atoms in total. The third-order valence-corrected chi connectivity index (χ3v) is 4.00. The first-order valence-electron chi connectivity index (χ1n) is 7.50. The molecule has 0 unspecified atom stereocenters. The molecule has 0 radical (unpaired) electrons. The number of quaternary nitrogens is 1. The summed E-state index contributed by atoms with van der Waals surface area (Å²) in [6.07, 6.45) is 0. The predicted octanol–water partition coefficient (Wildman–Crippen LogP) is 2.82. The number of nitrogens with zero attached hydrogens (tertiary/aromatic N) is 1. The van der Waals surface area contributed by atoms with Gasteiger partial charge in [0.1, 0.15) is 6.04 Å². The Morgan fingerprint density at radius 2 is 1.96 bits per heavy atom. The number of nitrogens with one attached hydrogen (secondary N) is 1. The molecule has 1 amide bonds. The van der Waals surface area contributed by atoms with E-state index in [1.54, 1.807) is 13.0 Å². The molecule has 0 fully saturated rings. The zero-order chi connectivity index (χ0) is 17.7. The van der Waals surface area contributed by atoms with Gasteiger partial charge in [0.15, 0.2) is 6.54 Å². The first kappa shape index (κ1) is 17.9. The average molecular weight is 349 g/mol. The molecule has 2 aromatic carbocycles. The van der Waals surface area contributed by atoms with E-state index in [4.69, 9.17) is 11.6 Å². The van der Waals surface area contributed by atoms with E-state index in [1.807, 2.05) is 36.5 Å². The van der Waals surface area contributed by atoms with Crippen molar-refractivity contribution >= 4 is 28.9 Å². The molecule has 0 heterocycles. The summed E-state index contributed by atoms with van der Waals surface area (Å²) < 4.78 is 0. The van der Waals surface area contributed by atoms with Crippen molar-refractivity contribution in [1.29, 1.82) is 0 Å². The van der Waals surface area contributed by atoms with Crippen molar-refractivity contribution in [3.05, 3.63) is 68.7 Å². The summed E-state index contributed by atoms with van der Waals surface area (Å²) in [6.45, 7) is 3.98. The van der Waals surface area contributed by atoms with E-state index in [1.165, 1.54) is 12.1 Å². The molecule has 0 bridgehead atoms. The number of nitro benzene ring substituents is 1. The van der Waals surface area contributed by atoms with Gasteiger partial charge in [0.25, 0.3) is 11.6 Å². The number of carbonyl (C=O) groups is 1. The second-order valence-electron chi connectivity index (χ2n) is 5.58. The number of non-ortho nitro benzene ring substituents is 1. The van der Waals surface area contributed by atoms with Gasteiger partial charge in [-0.3, -0.25) is 14.9 Å².